The third-order valence-electron chi connectivity index (χ3n) is 2.52. The Morgan fingerprint density at radius 3 is 2.61 bits per heavy atom. The van der Waals surface area contributed by atoms with Crippen LogP contribution in [0.5, 0.6) is 0 Å². The summed E-state index contributed by atoms with van der Waals surface area (Å²) >= 11 is 0. The molecule has 0 saturated carbocycles. The van der Waals surface area contributed by atoms with Crippen LogP contribution >= 0.6 is 0 Å². The summed E-state index contributed by atoms with van der Waals surface area (Å²) in [7, 11) is 0. The van der Waals surface area contributed by atoms with Crippen molar-refractivity contribution in [2.24, 2.45) is 5.73 Å². The molecule has 1 rings (SSSR count). The fourth-order valence-electron chi connectivity index (χ4n) is 1.62. The van der Waals surface area contributed by atoms with Gasteiger partial charge in [-0.2, -0.15) is 5.10 Å². The smallest absolute Gasteiger partial charge is 0.323 e. The van der Waals surface area contributed by atoms with Gasteiger partial charge in [0.1, 0.15) is 11.6 Å². The van der Waals surface area contributed by atoms with E-state index in [1.54, 1.807) is 0 Å². The molecule has 0 aliphatic rings. The highest BCUT2D eigenvalue weighted by Gasteiger charge is 2.23. The van der Waals surface area contributed by atoms with Crippen LogP contribution in [0.25, 0.3) is 0 Å². The van der Waals surface area contributed by atoms with E-state index in [1.807, 2.05) is 45.5 Å². The Hall–Kier alpha value is -1.36. The maximum Gasteiger partial charge on any atom is 0.323 e. The lowest BCUT2D eigenvalue weighted by atomic mass is 10.1. The molecule has 0 aliphatic carbocycles. The zero-order valence-corrected chi connectivity index (χ0v) is 11.9. The van der Waals surface area contributed by atoms with E-state index in [4.69, 9.17) is 10.5 Å². The molecule has 0 spiro atoms. The number of carbonyl (C=O) groups is 1. The van der Waals surface area contributed by atoms with Gasteiger partial charge < -0.3 is 10.5 Å². The van der Waals surface area contributed by atoms with E-state index in [0.29, 0.717) is 6.42 Å². The van der Waals surface area contributed by atoms with Crippen molar-refractivity contribution in [1.29, 1.82) is 0 Å². The quantitative estimate of drug-likeness (QED) is 0.824. The average Bonchev–Trinajstić information content (AvgIpc) is 2.57. The number of rotatable bonds is 4. The van der Waals surface area contributed by atoms with E-state index in [1.165, 1.54) is 0 Å². The number of esters is 1. The molecule has 0 unspecified atom stereocenters. The summed E-state index contributed by atoms with van der Waals surface area (Å²) in [4.78, 5) is 11.8. The molecule has 1 aromatic heterocycles. The van der Waals surface area contributed by atoms with Crippen molar-refractivity contribution < 1.29 is 9.53 Å². The molecule has 0 saturated heterocycles. The van der Waals surface area contributed by atoms with Crippen molar-refractivity contribution in [2.75, 3.05) is 0 Å². The van der Waals surface area contributed by atoms with Crippen LogP contribution in [-0.4, -0.2) is 27.4 Å². The lowest BCUT2D eigenvalue weighted by molar-refractivity contribution is -0.156. The minimum atomic E-state index is -0.641. The van der Waals surface area contributed by atoms with Crippen LogP contribution in [0.2, 0.25) is 0 Å². The SMILES string of the molecule is CCn1cc(C[C@H](N)C(=O)OC(C)(C)C)c(C)n1. The Labute approximate surface area is 108 Å². The average molecular weight is 253 g/mol. The van der Waals surface area contributed by atoms with Gasteiger partial charge in [0.25, 0.3) is 0 Å². The molecular formula is C13H23N3O2. The van der Waals surface area contributed by atoms with Crippen molar-refractivity contribution in [1.82, 2.24) is 9.78 Å². The second-order valence-electron chi connectivity index (χ2n) is 5.44. The van der Waals surface area contributed by atoms with Gasteiger partial charge in [0, 0.05) is 19.2 Å². The summed E-state index contributed by atoms with van der Waals surface area (Å²) in [5.74, 6) is -0.369. The first kappa shape index (κ1) is 14.7. The van der Waals surface area contributed by atoms with Gasteiger partial charge >= 0.3 is 5.97 Å². The molecule has 18 heavy (non-hydrogen) atoms. The van der Waals surface area contributed by atoms with Gasteiger partial charge in [-0.25, -0.2) is 0 Å². The fraction of sp³-hybridized carbons (Fsp3) is 0.692. The topological polar surface area (TPSA) is 70.1 Å². The van der Waals surface area contributed by atoms with Crippen LogP contribution in [0.15, 0.2) is 6.20 Å². The van der Waals surface area contributed by atoms with E-state index in [0.717, 1.165) is 17.8 Å². The highest BCUT2D eigenvalue weighted by molar-refractivity contribution is 5.76. The number of aryl methyl sites for hydroxylation is 2. The first-order chi connectivity index (χ1) is 8.23. The van der Waals surface area contributed by atoms with Crippen molar-refractivity contribution in [2.45, 2.75) is 59.2 Å². The van der Waals surface area contributed by atoms with E-state index in [9.17, 15) is 4.79 Å². The number of ether oxygens (including phenoxy) is 1. The number of nitrogens with two attached hydrogens (primary N) is 1. The molecule has 1 aromatic rings. The standard InChI is InChI=1S/C13H23N3O2/c1-6-16-8-10(9(2)15-16)7-11(14)12(17)18-13(3,4)5/h8,11H,6-7,14H2,1-5H3/t11-/m0/s1. The normalized spacial score (nSPS) is 13.4. The molecule has 0 bridgehead atoms. The third kappa shape index (κ3) is 4.14. The Morgan fingerprint density at radius 1 is 1.56 bits per heavy atom. The molecule has 0 fully saturated rings. The van der Waals surface area contributed by atoms with Gasteiger partial charge in [-0.15, -0.1) is 0 Å². The molecule has 0 amide bonds. The molecule has 0 radical (unpaired) electrons. The summed E-state index contributed by atoms with van der Waals surface area (Å²) in [6.45, 7) is 10.2. The molecule has 1 atom stereocenters. The van der Waals surface area contributed by atoms with Gasteiger partial charge in [0.2, 0.25) is 0 Å². The fourth-order valence-corrected chi connectivity index (χ4v) is 1.62. The van der Waals surface area contributed by atoms with E-state index < -0.39 is 11.6 Å². The zero-order chi connectivity index (χ0) is 13.9. The Bertz CT molecular complexity index is 418. The predicted molar refractivity (Wildman–Crippen MR) is 70.2 cm³/mol. The molecule has 0 aromatic carbocycles. The molecule has 5 nitrogen and oxygen atoms in total. The van der Waals surface area contributed by atoms with E-state index in [2.05, 4.69) is 5.10 Å². The van der Waals surface area contributed by atoms with Gasteiger partial charge in [0.05, 0.1) is 5.69 Å². The lowest BCUT2D eigenvalue weighted by Crippen LogP contribution is -2.38. The molecular weight excluding hydrogens is 230 g/mol. The molecule has 1 heterocycles. The van der Waals surface area contributed by atoms with Crippen LogP contribution in [0.1, 0.15) is 39.0 Å². The van der Waals surface area contributed by atoms with Crippen molar-refractivity contribution >= 4 is 5.97 Å². The van der Waals surface area contributed by atoms with Crippen LogP contribution < -0.4 is 5.73 Å². The first-order valence-electron chi connectivity index (χ1n) is 6.24. The van der Waals surface area contributed by atoms with Gasteiger partial charge in [-0.05, 0) is 40.2 Å². The van der Waals surface area contributed by atoms with Crippen molar-refractivity contribution in [3.63, 3.8) is 0 Å². The summed E-state index contributed by atoms with van der Waals surface area (Å²) in [5.41, 5.74) is 7.27. The number of aromatic nitrogens is 2. The summed E-state index contributed by atoms with van der Waals surface area (Å²) in [6.07, 6.45) is 2.39. The van der Waals surface area contributed by atoms with Crippen LogP contribution in [0.4, 0.5) is 0 Å². The highest BCUT2D eigenvalue weighted by atomic mass is 16.6. The lowest BCUT2D eigenvalue weighted by Gasteiger charge is -2.22. The minimum Gasteiger partial charge on any atom is -0.459 e. The van der Waals surface area contributed by atoms with Crippen LogP contribution in [0.3, 0.4) is 0 Å². The molecule has 5 heteroatoms. The van der Waals surface area contributed by atoms with Crippen molar-refractivity contribution in [3.8, 4) is 0 Å². The van der Waals surface area contributed by atoms with Gasteiger partial charge in [-0.3, -0.25) is 9.48 Å². The maximum atomic E-state index is 11.8. The second kappa shape index (κ2) is 5.52. The molecule has 0 aliphatic heterocycles. The van der Waals surface area contributed by atoms with Crippen LogP contribution in [0, 0.1) is 6.92 Å². The zero-order valence-electron chi connectivity index (χ0n) is 11.9. The number of hydrogen-bond acceptors (Lipinski definition) is 4. The number of nitrogens with zero attached hydrogens (tertiary/aromatic N) is 2. The minimum absolute atomic E-state index is 0.369. The van der Waals surface area contributed by atoms with E-state index >= 15 is 0 Å². The monoisotopic (exact) mass is 253 g/mol. The first-order valence-corrected chi connectivity index (χ1v) is 6.24. The summed E-state index contributed by atoms with van der Waals surface area (Å²) in [6, 6.07) is -0.641. The largest absolute Gasteiger partial charge is 0.459 e. The molecule has 102 valence electrons. The third-order valence-corrected chi connectivity index (χ3v) is 2.52. The Morgan fingerprint density at radius 2 is 2.17 bits per heavy atom. The van der Waals surface area contributed by atoms with Crippen LogP contribution in [-0.2, 0) is 22.5 Å². The number of carbonyl (C=O) groups excluding carboxylic acids is 1. The Balaban J connectivity index is 2.66. The Kier molecular flexibility index (Phi) is 4.51. The second-order valence-corrected chi connectivity index (χ2v) is 5.44. The van der Waals surface area contributed by atoms with Gasteiger partial charge in [-0.1, -0.05) is 0 Å². The summed E-state index contributed by atoms with van der Waals surface area (Å²) in [5, 5.41) is 4.33. The van der Waals surface area contributed by atoms with Gasteiger partial charge in [0.15, 0.2) is 0 Å². The van der Waals surface area contributed by atoms with E-state index in [-0.39, 0.29) is 5.97 Å². The number of hydrogen-bond donors (Lipinski definition) is 1. The maximum absolute atomic E-state index is 11.8. The van der Waals surface area contributed by atoms with Crippen molar-refractivity contribution in [3.05, 3.63) is 17.5 Å². The predicted octanol–water partition coefficient (Wildman–Crippen LogP) is 1.42. The molecule has 2 N–H and O–H groups in total. The highest BCUT2D eigenvalue weighted by Crippen LogP contribution is 2.12. The summed E-state index contributed by atoms with van der Waals surface area (Å²) < 4.78 is 7.09.